The monoisotopic (exact) mass is 310 g/mol. The second kappa shape index (κ2) is 5.71. The van der Waals surface area contributed by atoms with Gasteiger partial charge in [0.05, 0.1) is 11.3 Å². The van der Waals surface area contributed by atoms with Gasteiger partial charge in [0, 0.05) is 12.1 Å². The zero-order valence-corrected chi connectivity index (χ0v) is 12.0. The second-order valence-electron chi connectivity index (χ2n) is 5.13. The van der Waals surface area contributed by atoms with Crippen LogP contribution in [0.1, 0.15) is 19.4 Å². The van der Waals surface area contributed by atoms with E-state index in [-0.39, 0.29) is 17.0 Å². The number of nitrogens with one attached hydrogen (secondary N) is 1. The molecule has 0 saturated carbocycles. The van der Waals surface area contributed by atoms with E-state index in [4.69, 9.17) is 5.73 Å². The minimum absolute atomic E-state index is 0.00883. The smallest absolute Gasteiger partial charge is 0.329 e. The van der Waals surface area contributed by atoms with Crippen molar-refractivity contribution in [2.45, 2.75) is 36.9 Å². The Morgan fingerprint density at radius 1 is 1.15 bits per heavy atom. The van der Waals surface area contributed by atoms with E-state index >= 15 is 0 Å². The summed E-state index contributed by atoms with van der Waals surface area (Å²) in [6.45, 7) is 3.32. The van der Waals surface area contributed by atoms with Gasteiger partial charge in [-0.05, 0) is 31.5 Å². The van der Waals surface area contributed by atoms with Crippen LogP contribution in [0, 0.1) is 0 Å². The summed E-state index contributed by atoms with van der Waals surface area (Å²) in [5, 5.41) is 0. The van der Waals surface area contributed by atoms with Crippen molar-refractivity contribution in [1.29, 1.82) is 0 Å². The summed E-state index contributed by atoms with van der Waals surface area (Å²) >= 11 is 0. The van der Waals surface area contributed by atoms with Crippen molar-refractivity contribution >= 4 is 10.0 Å². The molecule has 0 atom stereocenters. The molecule has 0 bridgehead atoms. The lowest BCUT2D eigenvalue weighted by molar-refractivity contribution is -0.127. The first-order valence-electron chi connectivity index (χ1n) is 5.85. The van der Waals surface area contributed by atoms with Crippen LogP contribution in [-0.2, 0) is 16.4 Å². The van der Waals surface area contributed by atoms with Crippen molar-refractivity contribution in [3.63, 3.8) is 0 Å². The third kappa shape index (κ3) is 5.10. The molecule has 0 heterocycles. The van der Waals surface area contributed by atoms with Crippen molar-refractivity contribution in [1.82, 2.24) is 4.72 Å². The number of rotatable bonds is 5. The van der Waals surface area contributed by atoms with E-state index in [0.717, 1.165) is 24.3 Å². The average molecular weight is 310 g/mol. The summed E-state index contributed by atoms with van der Waals surface area (Å²) < 4.78 is 63.0. The minimum Gasteiger partial charge on any atom is -0.329 e. The van der Waals surface area contributed by atoms with Crippen LogP contribution >= 0.6 is 0 Å². The zero-order chi connectivity index (χ0) is 15.6. The quantitative estimate of drug-likeness (QED) is 0.871. The fraction of sp³-hybridized carbons (Fsp3) is 0.500. The Hall–Kier alpha value is -1.12. The number of nitrogens with two attached hydrogens (primary N) is 1. The molecule has 0 radical (unpaired) electrons. The molecule has 0 saturated heterocycles. The average Bonchev–Trinajstić information content (AvgIpc) is 2.26. The molecule has 8 heteroatoms. The lowest BCUT2D eigenvalue weighted by Gasteiger charge is -2.23. The fourth-order valence-electron chi connectivity index (χ4n) is 1.48. The first kappa shape index (κ1) is 16.9. The molecule has 4 nitrogen and oxygen atoms in total. The standard InChI is InChI=1S/C12H17F3N2O2S/c1-11(2,8-16)17-20(18,19)10-5-3-9(4-6-10)7-12(13,14)15/h3-6,17H,7-8,16H2,1-2H3. The Kier molecular flexibility index (Phi) is 4.83. The van der Waals surface area contributed by atoms with Crippen molar-refractivity contribution in [2.24, 2.45) is 5.73 Å². The fourth-order valence-corrected chi connectivity index (χ4v) is 2.91. The third-order valence-corrected chi connectivity index (χ3v) is 4.27. The molecule has 0 amide bonds. The Morgan fingerprint density at radius 2 is 1.65 bits per heavy atom. The van der Waals surface area contributed by atoms with Crippen molar-refractivity contribution in [3.8, 4) is 0 Å². The molecule has 1 aromatic rings. The van der Waals surface area contributed by atoms with Gasteiger partial charge in [-0.3, -0.25) is 0 Å². The summed E-state index contributed by atoms with van der Waals surface area (Å²) in [6, 6.07) is 4.60. The van der Waals surface area contributed by atoms with Crippen LogP contribution < -0.4 is 10.5 Å². The maximum atomic E-state index is 12.2. The van der Waals surface area contributed by atoms with E-state index in [1.54, 1.807) is 13.8 Å². The molecule has 3 N–H and O–H groups in total. The molecule has 20 heavy (non-hydrogen) atoms. The predicted octanol–water partition coefficient (Wildman–Crippen LogP) is 1.81. The Balaban J connectivity index is 2.93. The van der Waals surface area contributed by atoms with Gasteiger partial charge in [0.25, 0.3) is 0 Å². The van der Waals surface area contributed by atoms with Gasteiger partial charge in [-0.15, -0.1) is 0 Å². The normalized spacial score (nSPS) is 13.5. The molecule has 0 fully saturated rings. The Bertz CT molecular complexity index is 551. The molecule has 0 aliphatic heterocycles. The number of hydrogen-bond donors (Lipinski definition) is 2. The van der Waals surface area contributed by atoms with Crippen LogP contribution in [0.3, 0.4) is 0 Å². The minimum atomic E-state index is -4.32. The Labute approximate surface area is 116 Å². The molecule has 0 unspecified atom stereocenters. The highest BCUT2D eigenvalue weighted by molar-refractivity contribution is 7.89. The summed E-state index contributed by atoms with van der Waals surface area (Å²) in [6.07, 6.45) is -5.41. The van der Waals surface area contributed by atoms with Crippen LogP contribution in [0.5, 0.6) is 0 Å². The summed E-state index contributed by atoms with van der Waals surface area (Å²) in [7, 11) is -3.80. The zero-order valence-electron chi connectivity index (χ0n) is 11.2. The highest BCUT2D eigenvalue weighted by atomic mass is 32.2. The van der Waals surface area contributed by atoms with E-state index in [0.29, 0.717) is 0 Å². The molecule has 1 aromatic carbocycles. The summed E-state index contributed by atoms with van der Waals surface area (Å²) in [5.41, 5.74) is 4.61. The molecule has 1 rings (SSSR count). The number of sulfonamides is 1. The van der Waals surface area contributed by atoms with E-state index in [1.807, 2.05) is 0 Å². The summed E-state index contributed by atoms with van der Waals surface area (Å²) in [5.74, 6) is 0. The van der Waals surface area contributed by atoms with Crippen molar-refractivity contribution in [2.75, 3.05) is 6.54 Å². The molecule has 0 aromatic heterocycles. The molecule has 0 aliphatic carbocycles. The van der Waals surface area contributed by atoms with Gasteiger partial charge in [0.15, 0.2) is 0 Å². The van der Waals surface area contributed by atoms with E-state index in [1.165, 1.54) is 0 Å². The molecule has 114 valence electrons. The highest BCUT2D eigenvalue weighted by Crippen LogP contribution is 2.22. The lowest BCUT2D eigenvalue weighted by Crippen LogP contribution is -2.48. The van der Waals surface area contributed by atoms with Crippen LogP contribution in [0.2, 0.25) is 0 Å². The topological polar surface area (TPSA) is 72.2 Å². The maximum absolute atomic E-state index is 12.2. The van der Waals surface area contributed by atoms with Gasteiger partial charge in [-0.1, -0.05) is 12.1 Å². The SMILES string of the molecule is CC(C)(CN)NS(=O)(=O)c1ccc(CC(F)(F)F)cc1. The van der Waals surface area contributed by atoms with Crippen LogP contribution in [0.15, 0.2) is 29.2 Å². The first-order valence-corrected chi connectivity index (χ1v) is 7.33. The molecular weight excluding hydrogens is 293 g/mol. The van der Waals surface area contributed by atoms with Gasteiger partial charge in [-0.25, -0.2) is 13.1 Å². The number of hydrogen-bond acceptors (Lipinski definition) is 3. The van der Waals surface area contributed by atoms with Gasteiger partial charge in [0.2, 0.25) is 10.0 Å². The number of alkyl halides is 3. The molecular formula is C12H17F3N2O2S. The number of benzene rings is 1. The molecule has 0 aliphatic rings. The van der Waals surface area contributed by atoms with Gasteiger partial charge in [0.1, 0.15) is 0 Å². The maximum Gasteiger partial charge on any atom is 0.393 e. The van der Waals surface area contributed by atoms with Crippen molar-refractivity contribution in [3.05, 3.63) is 29.8 Å². The van der Waals surface area contributed by atoms with E-state index in [2.05, 4.69) is 4.72 Å². The van der Waals surface area contributed by atoms with Gasteiger partial charge in [-0.2, -0.15) is 13.2 Å². The Morgan fingerprint density at radius 3 is 2.05 bits per heavy atom. The lowest BCUT2D eigenvalue weighted by atomic mass is 10.1. The van der Waals surface area contributed by atoms with Crippen LogP contribution in [-0.4, -0.2) is 26.7 Å². The van der Waals surface area contributed by atoms with Crippen molar-refractivity contribution < 1.29 is 21.6 Å². The first-order chi connectivity index (χ1) is 8.95. The van der Waals surface area contributed by atoms with E-state index < -0.39 is 28.2 Å². The van der Waals surface area contributed by atoms with Crippen LogP contribution in [0.4, 0.5) is 13.2 Å². The summed E-state index contributed by atoms with van der Waals surface area (Å²) in [4.78, 5) is -0.0926. The molecule has 0 spiro atoms. The largest absolute Gasteiger partial charge is 0.393 e. The highest BCUT2D eigenvalue weighted by Gasteiger charge is 2.28. The number of halogens is 3. The van der Waals surface area contributed by atoms with Gasteiger partial charge < -0.3 is 5.73 Å². The van der Waals surface area contributed by atoms with Gasteiger partial charge >= 0.3 is 6.18 Å². The van der Waals surface area contributed by atoms with E-state index in [9.17, 15) is 21.6 Å². The predicted molar refractivity (Wildman–Crippen MR) is 69.7 cm³/mol. The van der Waals surface area contributed by atoms with Crippen LogP contribution in [0.25, 0.3) is 0 Å². The second-order valence-corrected chi connectivity index (χ2v) is 6.81. The third-order valence-electron chi connectivity index (χ3n) is 2.56.